The molecule has 2 aliphatic carbocycles. The monoisotopic (exact) mass is 308 g/mol. The van der Waals surface area contributed by atoms with Gasteiger partial charge in [-0.15, -0.1) is 0 Å². The molecule has 18 heavy (non-hydrogen) atoms. The van der Waals surface area contributed by atoms with Crippen LogP contribution in [0.1, 0.15) is 36.8 Å². The Morgan fingerprint density at radius 3 is 2.83 bits per heavy atom. The van der Waals surface area contributed by atoms with Crippen molar-refractivity contribution in [3.8, 4) is 5.75 Å². The van der Waals surface area contributed by atoms with Gasteiger partial charge in [0.15, 0.2) is 0 Å². The summed E-state index contributed by atoms with van der Waals surface area (Å²) < 4.78 is 6.09. The Bertz CT molecular complexity index is 429. The smallest absolute Gasteiger partial charge is 0.123 e. The van der Waals surface area contributed by atoms with Crippen molar-refractivity contribution in [2.45, 2.75) is 37.9 Å². The Morgan fingerprint density at radius 1 is 1.28 bits per heavy atom. The lowest BCUT2D eigenvalue weighted by atomic mass is 9.89. The van der Waals surface area contributed by atoms with Crippen LogP contribution in [0.2, 0.25) is 0 Å². The first-order valence-electron chi connectivity index (χ1n) is 7.04. The number of hydrogen-bond acceptors (Lipinski definition) is 1. The average molecular weight is 309 g/mol. The maximum atomic E-state index is 6.09. The molecule has 2 aliphatic rings. The molecule has 1 nitrogen and oxygen atoms in total. The summed E-state index contributed by atoms with van der Waals surface area (Å²) in [7, 11) is 0. The van der Waals surface area contributed by atoms with Crippen LogP contribution < -0.4 is 4.74 Å². The van der Waals surface area contributed by atoms with Crippen LogP contribution in [-0.4, -0.2) is 6.61 Å². The fourth-order valence-electron chi connectivity index (χ4n) is 3.73. The molecule has 0 N–H and O–H groups in total. The van der Waals surface area contributed by atoms with Gasteiger partial charge >= 0.3 is 0 Å². The quantitative estimate of drug-likeness (QED) is 0.732. The Balaban J connectivity index is 1.63. The van der Waals surface area contributed by atoms with Gasteiger partial charge in [-0.05, 0) is 50.0 Å². The molecule has 2 bridgehead atoms. The maximum Gasteiger partial charge on any atom is 0.123 e. The number of ether oxygens (including phenoxy) is 1. The molecule has 2 saturated carbocycles. The molecule has 0 aliphatic heterocycles. The summed E-state index contributed by atoms with van der Waals surface area (Å²) in [5, 5.41) is 0.876. The zero-order chi connectivity index (χ0) is 12.5. The summed E-state index contributed by atoms with van der Waals surface area (Å²) in [6.07, 6.45) is 5.78. The van der Waals surface area contributed by atoms with Crippen LogP contribution in [0.3, 0.4) is 0 Å². The Labute approximate surface area is 118 Å². The van der Waals surface area contributed by atoms with Gasteiger partial charge in [0.25, 0.3) is 0 Å². The van der Waals surface area contributed by atoms with Crippen LogP contribution in [0.4, 0.5) is 0 Å². The van der Waals surface area contributed by atoms with Gasteiger partial charge in [0, 0.05) is 10.9 Å². The largest absolute Gasteiger partial charge is 0.493 e. The highest BCUT2D eigenvalue weighted by Gasteiger charge is 2.39. The van der Waals surface area contributed by atoms with E-state index >= 15 is 0 Å². The van der Waals surface area contributed by atoms with Crippen molar-refractivity contribution in [1.29, 1.82) is 0 Å². The predicted molar refractivity (Wildman–Crippen MR) is 78.2 cm³/mol. The highest BCUT2D eigenvalue weighted by atomic mass is 79.9. The molecule has 3 rings (SSSR count). The second-order valence-electron chi connectivity index (χ2n) is 5.99. The topological polar surface area (TPSA) is 9.23 Å². The first kappa shape index (κ1) is 12.5. The molecule has 3 unspecified atom stereocenters. The number of alkyl halides is 1. The van der Waals surface area contributed by atoms with Gasteiger partial charge in [-0.3, -0.25) is 0 Å². The summed E-state index contributed by atoms with van der Waals surface area (Å²) in [4.78, 5) is 0. The van der Waals surface area contributed by atoms with Gasteiger partial charge in [0.1, 0.15) is 5.75 Å². The molecule has 1 aromatic rings. The van der Waals surface area contributed by atoms with Crippen molar-refractivity contribution in [2.24, 2.45) is 17.8 Å². The first-order valence-corrected chi connectivity index (χ1v) is 8.16. The molecule has 98 valence electrons. The minimum atomic E-state index is 0.813. The summed E-state index contributed by atoms with van der Waals surface area (Å²) in [6.45, 7) is 3.05. The van der Waals surface area contributed by atoms with Crippen LogP contribution in [0, 0.1) is 24.7 Å². The van der Waals surface area contributed by atoms with Crippen LogP contribution >= 0.6 is 15.9 Å². The zero-order valence-corrected chi connectivity index (χ0v) is 12.6. The molecule has 0 heterocycles. The molecule has 1 aromatic carbocycles. The zero-order valence-electron chi connectivity index (χ0n) is 11.0. The number of hydrogen-bond donors (Lipinski definition) is 0. The van der Waals surface area contributed by atoms with E-state index in [2.05, 4.69) is 41.1 Å². The molecular formula is C16H21BrO. The van der Waals surface area contributed by atoms with Crippen molar-refractivity contribution < 1.29 is 4.74 Å². The Kier molecular flexibility index (Phi) is 3.65. The van der Waals surface area contributed by atoms with E-state index in [-0.39, 0.29) is 0 Å². The van der Waals surface area contributed by atoms with E-state index in [0.29, 0.717) is 0 Å². The van der Waals surface area contributed by atoms with Crippen LogP contribution in [0.25, 0.3) is 0 Å². The van der Waals surface area contributed by atoms with Gasteiger partial charge in [0.05, 0.1) is 6.61 Å². The first-order chi connectivity index (χ1) is 8.76. The third kappa shape index (κ3) is 2.45. The minimum Gasteiger partial charge on any atom is -0.493 e. The Morgan fingerprint density at radius 2 is 2.17 bits per heavy atom. The molecule has 2 heteroatoms. The van der Waals surface area contributed by atoms with E-state index in [1.807, 2.05) is 0 Å². The molecule has 3 atom stereocenters. The van der Waals surface area contributed by atoms with E-state index < -0.39 is 0 Å². The summed E-state index contributed by atoms with van der Waals surface area (Å²) in [5.74, 6) is 3.85. The summed E-state index contributed by atoms with van der Waals surface area (Å²) >= 11 is 3.55. The van der Waals surface area contributed by atoms with E-state index in [1.165, 1.54) is 36.8 Å². The molecule has 0 amide bonds. The molecule has 0 aromatic heterocycles. The fraction of sp³-hybridized carbons (Fsp3) is 0.625. The number of halogens is 1. The lowest BCUT2D eigenvalue weighted by Gasteiger charge is -2.22. The van der Waals surface area contributed by atoms with E-state index in [9.17, 15) is 0 Å². The highest BCUT2D eigenvalue weighted by molar-refractivity contribution is 9.08. The lowest BCUT2D eigenvalue weighted by molar-refractivity contribution is 0.194. The van der Waals surface area contributed by atoms with E-state index in [0.717, 1.165) is 35.4 Å². The van der Waals surface area contributed by atoms with Crippen molar-refractivity contribution >= 4 is 15.9 Å². The highest BCUT2D eigenvalue weighted by Crippen LogP contribution is 2.48. The third-order valence-electron chi connectivity index (χ3n) is 4.70. The normalized spacial score (nSPS) is 29.8. The van der Waals surface area contributed by atoms with Gasteiger partial charge in [0.2, 0.25) is 0 Å². The predicted octanol–water partition coefficient (Wildman–Crippen LogP) is 4.70. The summed E-state index contributed by atoms with van der Waals surface area (Å²) in [6, 6.07) is 6.48. The van der Waals surface area contributed by atoms with Crippen LogP contribution in [0.5, 0.6) is 5.75 Å². The average Bonchev–Trinajstić information content (AvgIpc) is 2.99. The Hall–Kier alpha value is -0.500. The third-order valence-corrected chi connectivity index (χ3v) is 5.30. The maximum absolute atomic E-state index is 6.09. The van der Waals surface area contributed by atoms with Crippen LogP contribution in [0.15, 0.2) is 18.2 Å². The second-order valence-corrected chi connectivity index (χ2v) is 6.55. The SMILES string of the molecule is Cc1ccc(OCC2CC3CCC2C3)c(CBr)c1. The standard InChI is InChI=1S/C16H21BrO/c1-11-2-5-16(14(6-11)9-17)18-10-15-8-12-3-4-13(15)7-12/h2,5-6,12-13,15H,3-4,7-10H2,1H3. The summed E-state index contributed by atoms with van der Waals surface area (Å²) in [5.41, 5.74) is 2.58. The minimum absolute atomic E-state index is 0.813. The number of rotatable bonds is 4. The molecular weight excluding hydrogens is 288 g/mol. The van der Waals surface area contributed by atoms with Gasteiger partial charge in [-0.25, -0.2) is 0 Å². The number of aryl methyl sites for hydroxylation is 1. The van der Waals surface area contributed by atoms with E-state index in [1.54, 1.807) is 0 Å². The molecule has 0 radical (unpaired) electrons. The van der Waals surface area contributed by atoms with Gasteiger partial charge < -0.3 is 4.74 Å². The van der Waals surface area contributed by atoms with Crippen molar-refractivity contribution in [1.82, 2.24) is 0 Å². The molecule has 0 spiro atoms. The van der Waals surface area contributed by atoms with Crippen molar-refractivity contribution in [3.05, 3.63) is 29.3 Å². The van der Waals surface area contributed by atoms with Crippen LogP contribution in [-0.2, 0) is 5.33 Å². The van der Waals surface area contributed by atoms with E-state index in [4.69, 9.17) is 4.74 Å². The second kappa shape index (κ2) is 5.24. The fourth-order valence-corrected chi connectivity index (χ4v) is 4.17. The van der Waals surface area contributed by atoms with Gasteiger partial charge in [-0.2, -0.15) is 0 Å². The molecule has 2 fully saturated rings. The lowest BCUT2D eigenvalue weighted by Crippen LogP contribution is -2.18. The van der Waals surface area contributed by atoms with Crippen molar-refractivity contribution in [3.63, 3.8) is 0 Å². The van der Waals surface area contributed by atoms with Crippen molar-refractivity contribution in [2.75, 3.05) is 6.61 Å². The number of benzene rings is 1. The molecule has 0 saturated heterocycles. The number of fused-ring (bicyclic) bond motifs is 2. The van der Waals surface area contributed by atoms with Gasteiger partial charge in [-0.1, -0.05) is 40.0 Å².